The van der Waals surface area contributed by atoms with E-state index in [0.717, 1.165) is 56.1 Å². The highest BCUT2D eigenvalue weighted by molar-refractivity contribution is 5.79. The number of Topliss-reactive ketones (excluding diaryl/α,β-unsaturated/α-hetero) is 1. The standard InChI is InChI=1S/C40H59NO11/c1-19-11-24-5-7-28-20(2)12-26(45-28)9-10-40-17-33-36(51-40)37-38(50-33)39(52-40)35-29(49-37)8-6-25(47-35)13-22(42)14-27-31(16-30(46-24)21(19)3)48-32(34(27)44-4)15-23(43)18-41/h19,23-39,43H,2-3,5-18,41H2,1,4H3/p+1/t19-,23+,24+,25?,26+,27+,28?,29+,30?,31?,32-,33-,34-,35+,36+,37+,38-,39+,40?/m1/s1. The summed E-state index contributed by atoms with van der Waals surface area (Å²) in [6.45, 7) is 11.5. The first kappa shape index (κ1) is 36.4. The minimum absolute atomic E-state index is 0.0107. The lowest BCUT2D eigenvalue weighted by Gasteiger charge is -2.47. The molecule has 290 valence electrons. The second kappa shape index (κ2) is 14.3. The average Bonchev–Trinajstić information content (AvgIpc) is 3.79. The van der Waals surface area contributed by atoms with Crippen LogP contribution >= 0.6 is 0 Å². The molecule has 1 spiro atoms. The van der Waals surface area contributed by atoms with Crippen molar-refractivity contribution in [2.75, 3.05) is 13.7 Å². The summed E-state index contributed by atoms with van der Waals surface area (Å²) in [7, 11) is 1.67. The van der Waals surface area contributed by atoms with Crippen molar-refractivity contribution in [3.63, 3.8) is 0 Å². The van der Waals surface area contributed by atoms with Gasteiger partial charge in [-0.1, -0.05) is 20.1 Å². The number of hydrogen-bond acceptors (Lipinski definition) is 11. The van der Waals surface area contributed by atoms with Gasteiger partial charge in [-0.2, -0.15) is 0 Å². The Balaban J connectivity index is 0.994. The molecule has 10 aliphatic heterocycles. The maximum atomic E-state index is 14.1. The molecule has 0 aromatic heterocycles. The number of hydrogen-bond donors (Lipinski definition) is 2. The smallest absolute Gasteiger partial charge is 0.172 e. The maximum Gasteiger partial charge on any atom is 0.172 e. The number of aliphatic hydroxyl groups excluding tert-OH is 1. The Bertz CT molecular complexity index is 1380. The van der Waals surface area contributed by atoms with Crippen LogP contribution in [0.3, 0.4) is 0 Å². The topological polar surface area (TPSA) is 148 Å². The SMILES string of the molecule is C=C1C[C@@H]2CCC34C[C@H]5O[C@H]6[C@@H](O3)[C@H]3OC(CC[C@@H]3O[C@H]6[C@H]5O4)CC(=O)C[C@H]3C(CC4O[C@@H](CCC1O2)C[C@@H](C)C4=C)O[C@H](C[C@H](O)C[NH3+])[C@@H]3OC. The quantitative estimate of drug-likeness (QED) is 0.412. The van der Waals surface area contributed by atoms with Crippen molar-refractivity contribution in [1.29, 1.82) is 0 Å². The number of aliphatic hydroxyl groups is 1. The van der Waals surface area contributed by atoms with E-state index in [4.69, 9.17) is 42.6 Å². The molecule has 10 saturated heterocycles. The lowest BCUT2D eigenvalue weighted by molar-refractivity contribution is -0.385. The van der Waals surface area contributed by atoms with Crippen LogP contribution in [0.15, 0.2) is 24.3 Å². The van der Waals surface area contributed by atoms with Crippen molar-refractivity contribution in [3.8, 4) is 0 Å². The third-order valence-electron chi connectivity index (χ3n) is 14.0. The van der Waals surface area contributed by atoms with Crippen molar-refractivity contribution < 1.29 is 58.3 Å². The zero-order chi connectivity index (χ0) is 35.9. The summed E-state index contributed by atoms with van der Waals surface area (Å²) in [6.07, 6.45) is 5.27. The largest absolute Gasteiger partial charge is 0.387 e. The third kappa shape index (κ3) is 6.59. The molecule has 5 unspecified atom stereocenters. The van der Waals surface area contributed by atoms with E-state index in [9.17, 15) is 9.90 Å². The minimum atomic E-state index is -0.776. The van der Waals surface area contributed by atoms with Crippen molar-refractivity contribution in [2.24, 2.45) is 11.8 Å². The van der Waals surface area contributed by atoms with Gasteiger partial charge in [0.05, 0.1) is 61.0 Å². The van der Waals surface area contributed by atoms with E-state index in [0.29, 0.717) is 45.1 Å². The number of quaternary nitrogens is 1. The van der Waals surface area contributed by atoms with Crippen molar-refractivity contribution in [1.82, 2.24) is 0 Å². The molecule has 10 heterocycles. The summed E-state index contributed by atoms with van der Waals surface area (Å²) < 4.78 is 60.1. The number of ether oxygens (including phenoxy) is 9. The maximum absolute atomic E-state index is 14.1. The molecule has 52 heavy (non-hydrogen) atoms. The van der Waals surface area contributed by atoms with Crippen LogP contribution in [-0.4, -0.2) is 128 Å². The fourth-order valence-electron chi connectivity index (χ4n) is 11.3. The van der Waals surface area contributed by atoms with E-state index in [1.54, 1.807) is 7.11 Å². The molecule has 0 aromatic carbocycles. The lowest BCUT2D eigenvalue weighted by atomic mass is 9.81. The highest BCUT2D eigenvalue weighted by Crippen LogP contribution is 2.54. The molecule has 0 aliphatic carbocycles. The van der Waals surface area contributed by atoms with E-state index in [1.807, 2.05) is 0 Å². The second-order valence-electron chi connectivity index (χ2n) is 17.5. The first-order valence-electron chi connectivity index (χ1n) is 20.3. The summed E-state index contributed by atoms with van der Waals surface area (Å²) in [6, 6.07) is 0. The average molecular weight is 731 g/mol. The first-order chi connectivity index (χ1) is 25.1. The van der Waals surface area contributed by atoms with Gasteiger partial charge in [0, 0.05) is 51.6 Å². The Morgan fingerprint density at radius 3 is 2.38 bits per heavy atom. The predicted octanol–water partition coefficient (Wildman–Crippen LogP) is 2.72. The highest BCUT2D eigenvalue weighted by atomic mass is 16.8. The van der Waals surface area contributed by atoms with Gasteiger partial charge in [0.1, 0.15) is 49.0 Å². The predicted molar refractivity (Wildman–Crippen MR) is 185 cm³/mol. The summed E-state index contributed by atoms with van der Waals surface area (Å²) in [4.78, 5) is 14.1. The molecule has 12 nitrogen and oxygen atoms in total. The molecule has 12 heteroatoms. The highest BCUT2D eigenvalue weighted by Gasteiger charge is 2.68. The Hall–Kier alpha value is -1.29. The Labute approximate surface area is 307 Å². The molecular weight excluding hydrogens is 670 g/mol. The molecule has 4 N–H and O–H groups in total. The first-order valence-corrected chi connectivity index (χ1v) is 20.3. The number of methoxy groups -OCH3 is 1. The van der Waals surface area contributed by atoms with E-state index >= 15 is 0 Å². The zero-order valence-electron chi connectivity index (χ0n) is 30.9. The normalized spacial score (nSPS) is 52.4. The molecule has 12 bridgehead atoms. The zero-order valence-corrected chi connectivity index (χ0v) is 30.9. The van der Waals surface area contributed by atoms with Crippen molar-refractivity contribution in [3.05, 3.63) is 24.3 Å². The van der Waals surface area contributed by atoms with E-state index in [1.165, 1.54) is 0 Å². The molecule has 0 amide bonds. The molecule has 10 rings (SSSR count). The van der Waals surface area contributed by atoms with Crippen LogP contribution in [0, 0.1) is 11.8 Å². The molecule has 10 aliphatic rings. The van der Waals surface area contributed by atoms with E-state index < -0.39 is 11.9 Å². The summed E-state index contributed by atoms with van der Waals surface area (Å²) in [5.41, 5.74) is 6.10. The number of carbonyl (C=O) groups is 1. The lowest BCUT2D eigenvalue weighted by Crippen LogP contribution is -2.61. The fourth-order valence-corrected chi connectivity index (χ4v) is 11.3. The number of carbonyl (C=O) groups excluding carboxylic acids is 1. The van der Waals surface area contributed by atoms with Crippen LogP contribution < -0.4 is 5.73 Å². The van der Waals surface area contributed by atoms with Gasteiger partial charge in [-0.15, -0.1) is 0 Å². The summed E-state index contributed by atoms with van der Waals surface area (Å²) in [5.74, 6) is -0.574. The number of fused-ring (bicyclic) bond motifs is 6. The van der Waals surface area contributed by atoms with Crippen LogP contribution in [0.4, 0.5) is 0 Å². The van der Waals surface area contributed by atoms with Crippen molar-refractivity contribution >= 4 is 5.78 Å². The van der Waals surface area contributed by atoms with Crippen LogP contribution in [0.2, 0.25) is 0 Å². The minimum Gasteiger partial charge on any atom is -0.387 e. The van der Waals surface area contributed by atoms with Gasteiger partial charge in [-0.25, -0.2) is 0 Å². The van der Waals surface area contributed by atoms with Gasteiger partial charge in [-0.05, 0) is 62.0 Å². The fraction of sp³-hybridized carbons (Fsp3) is 0.875. The van der Waals surface area contributed by atoms with Gasteiger partial charge < -0.3 is 53.5 Å². The van der Waals surface area contributed by atoms with Gasteiger partial charge in [0.15, 0.2) is 5.79 Å². The molecule has 10 fully saturated rings. The molecular formula is C40H60NO11+. The van der Waals surface area contributed by atoms with Gasteiger partial charge >= 0.3 is 0 Å². The van der Waals surface area contributed by atoms with Crippen LogP contribution in [0.1, 0.15) is 90.4 Å². The summed E-state index contributed by atoms with van der Waals surface area (Å²) >= 11 is 0. The van der Waals surface area contributed by atoms with Gasteiger partial charge in [0.2, 0.25) is 0 Å². The van der Waals surface area contributed by atoms with E-state index in [2.05, 4.69) is 25.8 Å². The van der Waals surface area contributed by atoms with Gasteiger partial charge in [0.25, 0.3) is 0 Å². The van der Waals surface area contributed by atoms with Crippen LogP contribution in [0.5, 0.6) is 0 Å². The van der Waals surface area contributed by atoms with Crippen LogP contribution in [-0.2, 0) is 47.4 Å². The summed E-state index contributed by atoms with van der Waals surface area (Å²) in [5, 5.41) is 10.6. The molecule has 0 aromatic rings. The number of ketones is 1. The monoisotopic (exact) mass is 730 g/mol. The van der Waals surface area contributed by atoms with E-state index in [-0.39, 0.29) is 109 Å². The second-order valence-corrected chi connectivity index (χ2v) is 17.5. The van der Waals surface area contributed by atoms with Crippen LogP contribution in [0.25, 0.3) is 0 Å². The Morgan fingerprint density at radius 2 is 1.56 bits per heavy atom. The Morgan fingerprint density at radius 1 is 0.808 bits per heavy atom. The molecule has 0 saturated carbocycles. The van der Waals surface area contributed by atoms with Crippen molar-refractivity contribution in [2.45, 2.75) is 194 Å². The molecule has 0 radical (unpaired) electrons. The molecule has 19 atom stereocenters. The third-order valence-corrected chi connectivity index (χ3v) is 14.0. The Kier molecular flexibility index (Phi) is 10.0. The number of rotatable bonds is 4. The van der Waals surface area contributed by atoms with Gasteiger partial charge in [-0.3, -0.25) is 4.79 Å².